The minimum Gasteiger partial charge on any atom is -0.477 e. The van der Waals surface area contributed by atoms with Gasteiger partial charge in [0.1, 0.15) is 4.88 Å². The summed E-state index contributed by atoms with van der Waals surface area (Å²) in [6.07, 6.45) is 1.26. The molecule has 1 unspecified atom stereocenters. The maximum Gasteiger partial charge on any atom is 0.347 e. The quantitative estimate of drug-likeness (QED) is 0.797. The van der Waals surface area contributed by atoms with Crippen molar-refractivity contribution >= 4 is 34.3 Å². The van der Waals surface area contributed by atoms with Crippen LogP contribution in [0.3, 0.4) is 0 Å². The Bertz CT molecular complexity index is 512. The third kappa shape index (κ3) is 2.19. The van der Waals surface area contributed by atoms with Gasteiger partial charge in [-0.3, -0.25) is 14.5 Å². The predicted molar refractivity (Wildman–Crippen MR) is 61.5 cm³/mol. The Labute approximate surface area is 106 Å². The topological polar surface area (TPSA) is 96.8 Å². The van der Waals surface area contributed by atoms with Crippen molar-refractivity contribution < 1.29 is 24.2 Å². The van der Waals surface area contributed by atoms with Crippen LogP contribution in [-0.4, -0.2) is 41.6 Å². The van der Waals surface area contributed by atoms with Crippen LogP contribution in [0, 0.1) is 5.92 Å². The first-order chi connectivity index (χ1) is 8.52. The van der Waals surface area contributed by atoms with E-state index < -0.39 is 17.9 Å². The summed E-state index contributed by atoms with van der Waals surface area (Å²) in [6, 6.07) is 0. The second-order valence-electron chi connectivity index (χ2n) is 3.74. The van der Waals surface area contributed by atoms with Gasteiger partial charge < -0.3 is 9.84 Å². The Balaban J connectivity index is 2.16. The van der Waals surface area contributed by atoms with Crippen LogP contribution < -0.4 is 4.90 Å². The molecule has 0 spiro atoms. The number of aromatic nitrogens is 1. The highest BCUT2D eigenvalue weighted by Crippen LogP contribution is 2.29. The third-order valence-electron chi connectivity index (χ3n) is 2.59. The average molecular weight is 270 g/mol. The van der Waals surface area contributed by atoms with Crippen LogP contribution in [0.25, 0.3) is 0 Å². The molecule has 1 saturated heterocycles. The summed E-state index contributed by atoms with van der Waals surface area (Å²) in [6.45, 7) is 0.179. The Morgan fingerprint density at radius 3 is 2.89 bits per heavy atom. The summed E-state index contributed by atoms with van der Waals surface area (Å²) < 4.78 is 4.58. The summed E-state index contributed by atoms with van der Waals surface area (Å²) in [5.41, 5.74) is 0. The molecule has 1 amide bonds. The Kier molecular flexibility index (Phi) is 3.28. The van der Waals surface area contributed by atoms with E-state index in [1.807, 2.05) is 0 Å². The van der Waals surface area contributed by atoms with Crippen LogP contribution in [0.4, 0.5) is 5.13 Å². The molecule has 8 heteroatoms. The predicted octanol–water partition coefficient (Wildman–Crippen LogP) is 0.367. The van der Waals surface area contributed by atoms with Crippen LogP contribution in [0.1, 0.15) is 16.1 Å². The van der Waals surface area contributed by atoms with Crippen molar-refractivity contribution in [2.75, 3.05) is 18.6 Å². The van der Waals surface area contributed by atoms with E-state index in [1.165, 1.54) is 18.2 Å². The summed E-state index contributed by atoms with van der Waals surface area (Å²) in [4.78, 5) is 39.0. The molecule has 0 bridgehead atoms. The summed E-state index contributed by atoms with van der Waals surface area (Å²) in [7, 11) is 1.27. The van der Waals surface area contributed by atoms with Gasteiger partial charge in [0.25, 0.3) is 0 Å². The molecule has 1 atom stereocenters. The fourth-order valence-corrected chi connectivity index (χ4v) is 2.49. The number of methoxy groups -OCH3 is 1. The number of carboxylic acid groups (broad SMARTS) is 1. The van der Waals surface area contributed by atoms with Crippen molar-refractivity contribution in [3.05, 3.63) is 11.1 Å². The second kappa shape index (κ2) is 4.73. The Morgan fingerprint density at radius 1 is 1.61 bits per heavy atom. The maximum atomic E-state index is 11.7. The van der Waals surface area contributed by atoms with Crippen LogP contribution in [-0.2, 0) is 14.3 Å². The summed E-state index contributed by atoms with van der Waals surface area (Å²) >= 11 is 0.906. The Morgan fingerprint density at radius 2 is 2.33 bits per heavy atom. The van der Waals surface area contributed by atoms with Crippen LogP contribution in [0.5, 0.6) is 0 Å². The normalized spacial score (nSPS) is 19.1. The number of anilines is 1. The summed E-state index contributed by atoms with van der Waals surface area (Å²) in [5.74, 6) is -2.30. The van der Waals surface area contributed by atoms with E-state index in [0.717, 1.165) is 11.3 Å². The first kappa shape index (κ1) is 12.5. The molecule has 96 valence electrons. The van der Waals surface area contributed by atoms with Gasteiger partial charge in [0.2, 0.25) is 5.91 Å². The number of aromatic carboxylic acids is 1. The number of thiazole rings is 1. The number of ether oxygens (including phenoxy) is 1. The van der Waals surface area contributed by atoms with Gasteiger partial charge in [-0.2, -0.15) is 0 Å². The van der Waals surface area contributed by atoms with Crippen molar-refractivity contribution in [1.82, 2.24) is 4.98 Å². The van der Waals surface area contributed by atoms with Crippen LogP contribution in [0.15, 0.2) is 6.20 Å². The van der Waals surface area contributed by atoms with Crippen LogP contribution >= 0.6 is 11.3 Å². The van der Waals surface area contributed by atoms with Gasteiger partial charge in [0.15, 0.2) is 5.13 Å². The number of nitrogens with zero attached hydrogens (tertiary/aromatic N) is 2. The van der Waals surface area contributed by atoms with E-state index >= 15 is 0 Å². The highest BCUT2D eigenvalue weighted by Gasteiger charge is 2.37. The van der Waals surface area contributed by atoms with Crippen molar-refractivity contribution in [1.29, 1.82) is 0 Å². The molecule has 1 aromatic rings. The van der Waals surface area contributed by atoms with Crippen LogP contribution in [0.2, 0.25) is 0 Å². The molecular weight excluding hydrogens is 260 g/mol. The average Bonchev–Trinajstić information content (AvgIpc) is 2.94. The molecule has 1 fully saturated rings. The first-order valence-corrected chi connectivity index (χ1v) is 5.92. The molecule has 1 N–H and O–H groups in total. The van der Waals surface area contributed by atoms with E-state index in [-0.39, 0.29) is 23.7 Å². The van der Waals surface area contributed by atoms with E-state index in [1.54, 1.807) is 0 Å². The van der Waals surface area contributed by atoms with Gasteiger partial charge in [-0.15, -0.1) is 0 Å². The van der Waals surface area contributed by atoms with Crippen molar-refractivity contribution in [3.8, 4) is 0 Å². The lowest BCUT2D eigenvalue weighted by Crippen LogP contribution is -2.25. The molecule has 1 aliphatic rings. The molecule has 0 aromatic carbocycles. The van der Waals surface area contributed by atoms with Gasteiger partial charge in [0, 0.05) is 13.0 Å². The highest BCUT2D eigenvalue weighted by atomic mass is 32.1. The smallest absolute Gasteiger partial charge is 0.347 e. The minimum atomic E-state index is -1.09. The van der Waals surface area contributed by atoms with Crippen molar-refractivity contribution in [2.24, 2.45) is 5.92 Å². The number of rotatable bonds is 3. The fourth-order valence-electron chi connectivity index (χ4n) is 1.71. The number of carbonyl (C=O) groups excluding carboxylic acids is 2. The SMILES string of the molecule is COC(=O)C1CC(=O)N(c2ncc(C(=O)O)s2)C1. The molecule has 2 heterocycles. The second-order valence-corrected chi connectivity index (χ2v) is 4.75. The zero-order valence-electron chi connectivity index (χ0n) is 9.45. The molecule has 0 aliphatic carbocycles. The standard InChI is InChI=1S/C10H10N2O5S/c1-17-9(16)5-2-7(13)12(4-5)10-11-3-6(18-10)8(14)15/h3,5H,2,4H2,1H3,(H,14,15). The first-order valence-electron chi connectivity index (χ1n) is 5.10. The number of carbonyl (C=O) groups is 3. The van der Waals surface area contributed by atoms with E-state index in [9.17, 15) is 14.4 Å². The number of esters is 1. The lowest BCUT2D eigenvalue weighted by molar-refractivity contribution is -0.145. The third-order valence-corrected chi connectivity index (χ3v) is 3.60. The van der Waals surface area contributed by atoms with Crippen molar-refractivity contribution in [2.45, 2.75) is 6.42 Å². The molecular formula is C10H10N2O5S. The Hall–Kier alpha value is -1.96. The summed E-state index contributed by atoms with van der Waals surface area (Å²) in [5, 5.41) is 9.07. The zero-order valence-corrected chi connectivity index (χ0v) is 10.3. The van der Waals surface area contributed by atoms with Gasteiger partial charge in [-0.05, 0) is 0 Å². The van der Waals surface area contributed by atoms with Gasteiger partial charge >= 0.3 is 11.9 Å². The largest absolute Gasteiger partial charge is 0.477 e. The highest BCUT2D eigenvalue weighted by molar-refractivity contribution is 7.17. The monoisotopic (exact) mass is 270 g/mol. The minimum absolute atomic E-state index is 0.0549. The molecule has 18 heavy (non-hydrogen) atoms. The molecule has 1 aromatic heterocycles. The lowest BCUT2D eigenvalue weighted by Gasteiger charge is -2.11. The maximum absolute atomic E-state index is 11.7. The number of hydrogen-bond donors (Lipinski definition) is 1. The number of hydrogen-bond acceptors (Lipinski definition) is 6. The lowest BCUT2D eigenvalue weighted by atomic mass is 10.1. The molecule has 0 radical (unpaired) electrons. The van der Waals surface area contributed by atoms with Crippen molar-refractivity contribution in [3.63, 3.8) is 0 Å². The number of carboxylic acids is 1. The van der Waals surface area contributed by atoms with Gasteiger partial charge in [-0.1, -0.05) is 11.3 Å². The molecule has 2 rings (SSSR count). The zero-order chi connectivity index (χ0) is 13.3. The van der Waals surface area contributed by atoms with Gasteiger partial charge in [0.05, 0.1) is 19.2 Å². The molecule has 0 saturated carbocycles. The van der Waals surface area contributed by atoms with E-state index in [4.69, 9.17) is 5.11 Å². The van der Waals surface area contributed by atoms with Gasteiger partial charge in [-0.25, -0.2) is 9.78 Å². The van der Waals surface area contributed by atoms with E-state index in [0.29, 0.717) is 5.13 Å². The van der Waals surface area contributed by atoms with E-state index in [2.05, 4.69) is 9.72 Å². The molecule has 1 aliphatic heterocycles. The fraction of sp³-hybridized carbons (Fsp3) is 0.400. The molecule has 7 nitrogen and oxygen atoms in total. The number of amides is 1.